The SMILES string of the molecule is CCCCCCCS.O=[PH+]O. The summed E-state index contributed by atoms with van der Waals surface area (Å²) in [5.41, 5.74) is 0. The molecule has 1 N–H and O–H groups in total. The van der Waals surface area contributed by atoms with Crippen molar-refractivity contribution in [1.82, 2.24) is 0 Å². The topological polar surface area (TPSA) is 37.3 Å². The average Bonchev–Trinajstić information content (AvgIpc) is 2.00. The number of unbranched alkanes of at least 4 members (excludes halogenated alkanes) is 4. The fourth-order valence-corrected chi connectivity index (χ4v) is 0.939. The summed E-state index contributed by atoms with van der Waals surface area (Å²) in [5, 5.41) is 0. The van der Waals surface area contributed by atoms with Gasteiger partial charge in [-0.3, -0.25) is 0 Å². The first-order valence-electron chi connectivity index (χ1n) is 3.95. The van der Waals surface area contributed by atoms with Crippen molar-refractivity contribution in [2.45, 2.75) is 39.0 Å². The molecular weight excluding hydrogens is 179 g/mol. The lowest BCUT2D eigenvalue weighted by Crippen LogP contribution is -1.76. The maximum atomic E-state index is 8.51. The van der Waals surface area contributed by atoms with Gasteiger partial charge in [-0.05, 0) is 16.7 Å². The normalized spacial score (nSPS) is 9.00. The lowest BCUT2D eigenvalue weighted by molar-refractivity contribution is 0.524. The molecule has 0 aliphatic rings. The van der Waals surface area contributed by atoms with Crippen LogP contribution in [0.2, 0.25) is 0 Å². The van der Waals surface area contributed by atoms with E-state index in [9.17, 15) is 0 Å². The number of hydrogen-bond donors (Lipinski definition) is 2. The van der Waals surface area contributed by atoms with Crippen LogP contribution in [0.15, 0.2) is 0 Å². The molecule has 0 bridgehead atoms. The highest BCUT2D eigenvalue weighted by Crippen LogP contribution is 2.02. The Hall–Kier alpha value is 0.410. The summed E-state index contributed by atoms with van der Waals surface area (Å²) < 4.78 is 8.51. The van der Waals surface area contributed by atoms with Crippen molar-refractivity contribution in [3.05, 3.63) is 0 Å². The van der Waals surface area contributed by atoms with Crippen molar-refractivity contribution < 1.29 is 9.46 Å². The smallest absolute Gasteiger partial charge is 0.179 e. The van der Waals surface area contributed by atoms with Crippen LogP contribution in [0.3, 0.4) is 0 Å². The Labute approximate surface area is 76.1 Å². The van der Waals surface area contributed by atoms with Crippen molar-refractivity contribution >= 4 is 21.3 Å². The van der Waals surface area contributed by atoms with Gasteiger partial charge in [-0.1, -0.05) is 32.6 Å². The van der Waals surface area contributed by atoms with Crippen molar-refractivity contribution in [2.24, 2.45) is 0 Å². The average molecular weight is 197 g/mol. The van der Waals surface area contributed by atoms with E-state index in [2.05, 4.69) is 19.6 Å². The van der Waals surface area contributed by atoms with Crippen molar-refractivity contribution in [3.63, 3.8) is 0 Å². The monoisotopic (exact) mass is 197 g/mol. The second-order valence-electron chi connectivity index (χ2n) is 2.23. The Bertz CT molecular complexity index is 65.5. The van der Waals surface area contributed by atoms with E-state index in [4.69, 9.17) is 9.46 Å². The van der Waals surface area contributed by atoms with E-state index >= 15 is 0 Å². The van der Waals surface area contributed by atoms with Crippen molar-refractivity contribution in [1.29, 1.82) is 0 Å². The van der Waals surface area contributed by atoms with E-state index in [1.807, 2.05) is 0 Å². The molecule has 2 nitrogen and oxygen atoms in total. The molecule has 0 aromatic rings. The van der Waals surface area contributed by atoms with Crippen LogP contribution in [0.4, 0.5) is 0 Å². The standard InChI is InChI=1S/C7H16S.HO2P/c1-2-3-4-5-6-7-8;1-3-2/h8H,2-7H2,1H3;3H/p+1. The van der Waals surface area contributed by atoms with Crippen molar-refractivity contribution in [3.8, 4) is 0 Å². The zero-order chi connectivity index (χ0) is 8.95. The van der Waals surface area contributed by atoms with Crippen LogP contribution in [0.1, 0.15) is 39.0 Å². The molecule has 0 rings (SSSR count). The fraction of sp³-hybridized carbons (Fsp3) is 1.00. The molecule has 0 aliphatic heterocycles. The molecule has 0 saturated heterocycles. The van der Waals surface area contributed by atoms with Crippen LogP contribution in [0, 0.1) is 0 Å². The third-order valence-electron chi connectivity index (χ3n) is 1.26. The van der Waals surface area contributed by atoms with Gasteiger partial charge in [-0.25, -0.2) is 0 Å². The molecule has 1 atom stereocenters. The van der Waals surface area contributed by atoms with E-state index in [0.29, 0.717) is 0 Å². The van der Waals surface area contributed by atoms with Gasteiger partial charge in [0, 0.05) is 0 Å². The van der Waals surface area contributed by atoms with E-state index in [1.54, 1.807) is 0 Å². The minimum Gasteiger partial charge on any atom is -0.179 e. The number of rotatable bonds is 5. The van der Waals surface area contributed by atoms with Gasteiger partial charge in [0.25, 0.3) is 0 Å². The summed E-state index contributed by atoms with van der Waals surface area (Å²) in [7, 11) is -1.17. The van der Waals surface area contributed by atoms with Crippen LogP contribution in [-0.4, -0.2) is 10.6 Å². The quantitative estimate of drug-likeness (QED) is 0.404. The minimum atomic E-state index is -1.17. The first kappa shape index (κ1) is 14.0. The molecule has 0 amide bonds. The van der Waals surface area contributed by atoms with E-state index in [-0.39, 0.29) is 0 Å². The second-order valence-corrected chi connectivity index (χ2v) is 2.86. The maximum absolute atomic E-state index is 8.51. The van der Waals surface area contributed by atoms with Gasteiger partial charge >= 0.3 is 8.69 Å². The van der Waals surface area contributed by atoms with Crippen molar-refractivity contribution in [2.75, 3.05) is 5.75 Å². The van der Waals surface area contributed by atoms with Crippen LogP contribution in [0.25, 0.3) is 0 Å². The lowest BCUT2D eigenvalue weighted by Gasteiger charge is -1.93. The number of hydrogen-bond acceptors (Lipinski definition) is 2. The second kappa shape index (κ2) is 16.8. The molecule has 11 heavy (non-hydrogen) atoms. The molecular formula is C7H18O2PS+. The molecule has 0 aromatic carbocycles. The van der Waals surface area contributed by atoms with Crippen LogP contribution >= 0.6 is 21.3 Å². The predicted octanol–water partition coefficient (Wildman–Crippen LogP) is 2.80. The summed E-state index contributed by atoms with van der Waals surface area (Å²) in [6.07, 6.45) is 6.80. The summed E-state index contributed by atoms with van der Waals surface area (Å²) in [5.74, 6) is 1.06. The molecule has 0 heterocycles. The Morgan fingerprint density at radius 3 is 2.09 bits per heavy atom. The summed E-state index contributed by atoms with van der Waals surface area (Å²) in [4.78, 5) is 7.04. The van der Waals surface area contributed by atoms with E-state index in [0.717, 1.165) is 5.75 Å². The lowest BCUT2D eigenvalue weighted by atomic mass is 10.2. The largest absolute Gasteiger partial charge is 0.491 e. The highest BCUT2D eigenvalue weighted by molar-refractivity contribution is 7.80. The zero-order valence-corrected chi connectivity index (χ0v) is 8.94. The molecule has 0 radical (unpaired) electrons. The maximum Gasteiger partial charge on any atom is 0.491 e. The summed E-state index contributed by atoms with van der Waals surface area (Å²) in [6.45, 7) is 2.24. The first-order chi connectivity index (χ1) is 5.33. The molecule has 0 fully saturated rings. The Kier molecular flexibility index (Phi) is 21.3. The van der Waals surface area contributed by atoms with Gasteiger partial charge in [0.15, 0.2) is 0 Å². The Balaban J connectivity index is 0. The van der Waals surface area contributed by atoms with Crippen LogP contribution in [0.5, 0.6) is 0 Å². The molecule has 0 saturated carbocycles. The first-order valence-corrected chi connectivity index (χ1v) is 5.44. The molecule has 0 aromatic heterocycles. The van der Waals surface area contributed by atoms with Gasteiger partial charge in [0.2, 0.25) is 0 Å². The molecule has 0 aliphatic carbocycles. The van der Waals surface area contributed by atoms with Gasteiger partial charge < -0.3 is 0 Å². The minimum absolute atomic E-state index is 1.06. The highest BCUT2D eigenvalue weighted by atomic mass is 32.1. The Morgan fingerprint density at radius 1 is 1.27 bits per heavy atom. The molecule has 0 spiro atoms. The number of thiol groups is 1. The van der Waals surface area contributed by atoms with Gasteiger partial charge in [0.05, 0.1) is 0 Å². The predicted molar refractivity (Wildman–Crippen MR) is 53.8 cm³/mol. The van der Waals surface area contributed by atoms with Crippen LogP contribution in [-0.2, 0) is 4.57 Å². The molecule has 4 heteroatoms. The van der Waals surface area contributed by atoms with E-state index < -0.39 is 8.69 Å². The Morgan fingerprint density at radius 2 is 1.73 bits per heavy atom. The molecule has 1 unspecified atom stereocenters. The van der Waals surface area contributed by atoms with E-state index in [1.165, 1.54) is 32.1 Å². The summed E-state index contributed by atoms with van der Waals surface area (Å²) in [6, 6.07) is 0. The third-order valence-corrected chi connectivity index (χ3v) is 1.58. The fourth-order valence-electron chi connectivity index (χ4n) is 0.715. The third kappa shape index (κ3) is 25.2. The van der Waals surface area contributed by atoms with Gasteiger partial charge in [0.1, 0.15) is 0 Å². The van der Waals surface area contributed by atoms with Gasteiger partial charge in [-0.2, -0.15) is 17.5 Å². The zero-order valence-electron chi connectivity index (χ0n) is 7.05. The van der Waals surface area contributed by atoms with Crippen LogP contribution < -0.4 is 0 Å². The van der Waals surface area contributed by atoms with Gasteiger partial charge in [-0.15, -0.1) is 0 Å². The highest BCUT2D eigenvalue weighted by Gasteiger charge is 1.83. The summed E-state index contributed by atoms with van der Waals surface area (Å²) >= 11 is 4.12. The molecule has 68 valence electrons.